The van der Waals surface area contributed by atoms with Crippen molar-refractivity contribution in [1.82, 2.24) is 57.3 Å². The average Bonchev–Trinajstić information content (AvgIpc) is 1.60. The highest BCUT2D eigenvalue weighted by molar-refractivity contribution is 6.16. The van der Waals surface area contributed by atoms with Crippen LogP contribution in [0.3, 0.4) is 0 Å². The van der Waals surface area contributed by atoms with Crippen LogP contribution in [0.25, 0.3) is 199 Å². The van der Waals surface area contributed by atoms with Crippen molar-refractivity contribution in [1.29, 1.82) is 0 Å². The molecule has 114 heavy (non-hydrogen) atoms. The van der Waals surface area contributed by atoms with Crippen molar-refractivity contribution >= 4 is 131 Å². The summed E-state index contributed by atoms with van der Waals surface area (Å²) in [6, 6.07) is 122. The Morgan fingerprint density at radius 1 is 0.158 bits per heavy atom. The van der Waals surface area contributed by atoms with E-state index >= 15 is 0 Å². The molecule has 24 aromatic rings. The lowest BCUT2D eigenvalue weighted by Crippen LogP contribution is -1.94. The summed E-state index contributed by atoms with van der Waals surface area (Å²) in [7, 11) is 0. The van der Waals surface area contributed by atoms with Gasteiger partial charge in [-0.3, -0.25) is 29.1 Å². The molecule has 0 aliphatic rings. The van der Waals surface area contributed by atoms with Crippen molar-refractivity contribution in [2.75, 3.05) is 0 Å². The van der Waals surface area contributed by atoms with Gasteiger partial charge in [0.2, 0.25) is 0 Å². The number of para-hydroxylation sites is 6. The predicted molar refractivity (Wildman–Crippen MR) is 468 cm³/mol. The van der Waals surface area contributed by atoms with Crippen LogP contribution >= 0.6 is 0 Å². The molecule has 0 aliphatic heterocycles. The maximum absolute atomic E-state index is 4.79. The van der Waals surface area contributed by atoms with Gasteiger partial charge in [0.05, 0.1) is 79.3 Å². The van der Waals surface area contributed by atoms with Crippen molar-refractivity contribution < 1.29 is 0 Å². The number of hydrogen-bond acceptors (Lipinski definition) is 6. The molecule has 0 radical (unpaired) electrons. The summed E-state index contributed by atoms with van der Waals surface area (Å²) in [5.74, 6) is 0. The molecule has 0 unspecified atom stereocenters. The summed E-state index contributed by atoms with van der Waals surface area (Å²) >= 11 is 0. The Morgan fingerprint density at radius 3 is 0.737 bits per heavy atom. The van der Waals surface area contributed by atoms with E-state index < -0.39 is 0 Å². The SMILES string of the molecule is c1ccc(-n2c3ccc(-c4ccc5c(c4)c4cccnc4n5-c4ccccc4)cc3c3ccncc32)cc1.c1ccc(-n2c3ccc(-c4ccc5c(c4)c4cccnc4n5-c4ccccc4)cc3c3ncccc32)cc1.c1ccc(-n2c3ccc(-c4ccc5c(c4)c4ccncc4n5-c4ccccc4)cc3c3ccncc32)cc1. The van der Waals surface area contributed by atoms with Crippen LogP contribution in [0.4, 0.5) is 0 Å². The topological polar surface area (TPSA) is 107 Å². The Morgan fingerprint density at radius 2 is 0.412 bits per heavy atom. The quantitative estimate of drug-likeness (QED) is 0.142. The second-order valence-corrected chi connectivity index (χ2v) is 28.7. The number of aromatic nitrogens is 12. The molecule has 24 rings (SSSR count). The zero-order valence-corrected chi connectivity index (χ0v) is 61.5. The highest BCUT2D eigenvalue weighted by Gasteiger charge is 2.22. The fourth-order valence-corrected chi connectivity index (χ4v) is 17.3. The van der Waals surface area contributed by atoms with Crippen molar-refractivity contribution in [2.24, 2.45) is 0 Å². The summed E-state index contributed by atoms with van der Waals surface area (Å²) in [4.78, 5) is 27.6. The van der Waals surface area contributed by atoms with E-state index in [2.05, 4.69) is 346 Å². The fraction of sp³-hybridized carbons (Fsp3) is 0. The predicted octanol–water partition coefficient (Wildman–Crippen LogP) is 25.0. The van der Waals surface area contributed by atoms with Crippen LogP contribution in [0.15, 0.2) is 402 Å². The molecule has 0 amide bonds. The molecule has 12 heteroatoms. The van der Waals surface area contributed by atoms with Gasteiger partial charge in [0.15, 0.2) is 0 Å². The van der Waals surface area contributed by atoms with Crippen LogP contribution in [0.1, 0.15) is 0 Å². The molecule has 12 aromatic heterocycles. The minimum atomic E-state index is 0.969. The standard InChI is InChI=1S/3C34H22N4/c1-3-9-25(10-4-1)37-31-18-16-24(22-29(31)33-32(37)14-8-19-35-33)23-15-17-30-28(21-23)27-13-7-20-36-34(27)38(30)26-11-5-2-6-12-26;1-3-8-25(9-4-1)37-31-15-13-23(20-29(31)27-17-19-35-22-33(27)37)24-14-16-32-30(21-24)28-12-7-18-36-34(28)38(32)26-10-5-2-6-11-26;1-3-7-25(8-4-1)37-31-13-11-23(19-29(31)27-15-17-35-21-33(27)37)24-12-14-32-30(20-24)28-16-18-36-22-34(28)38(32)26-9-5-2-6-10-26/h3*1-22H. The van der Waals surface area contributed by atoms with E-state index in [4.69, 9.17) is 15.0 Å². The molecule has 0 atom stereocenters. The summed E-state index contributed by atoms with van der Waals surface area (Å²) < 4.78 is 13.7. The largest absolute Gasteiger partial charge is 0.308 e. The fourth-order valence-electron chi connectivity index (χ4n) is 17.3. The molecular weight excluding hydrogens is 1390 g/mol. The normalized spacial score (nSPS) is 11.7. The van der Waals surface area contributed by atoms with Crippen molar-refractivity contribution in [2.45, 2.75) is 0 Å². The smallest absolute Gasteiger partial charge is 0.145 e. The Bertz CT molecular complexity index is 6630. The van der Waals surface area contributed by atoms with Crippen molar-refractivity contribution in [3.05, 3.63) is 402 Å². The van der Waals surface area contributed by atoms with E-state index in [1.807, 2.05) is 98.2 Å². The first-order valence-corrected chi connectivity index (χ1v) is 38.3. The van der Waals surface area contributed by atoms with Crippen molar-refractivity contribution in [3.8, 4) is 67.5 Å². The lowest BCUT2D eigenvalue weighted by atomic mass is 10.0. The summed E-state index contributed by atoms with van der Waals surface area (Å²) in [6.07, 6.45) is 17.1. The van der Waals surface area contributed by atoms with Gasteiger partial charge in [-0.2, -0.15) is 0 Å². The van der Waals surface area contributed by atoms with E-state index in [1.165, 1.54) is 93.0 Å². The van der Waals surface area contributed by atoms with E-state index in [0.717, 1.165) is 106 Å². The van der Waals surface area contributed by atoms with Gasteiger partial charge in [0, 0.05) is 131 Å². The molecule has 0 N–H and O–H groups in total. The monoisotopic (exact) mass is 1460 g/mol. The number of pyridine rings is 6. The molecule has 0 saturated carbocycles. The van der Waals surface area contributed by atoms with E-state index in [1.54, 1.807) is 0 Å². The zero-order chi connectivity index (χ0) is 75.2. The highest BCUT2D eigenvalue weighted by atomic mass is 15.1. The first-order chi connectivity index (χ1) is 56.6. The van der Waals surface area contributed by atoms with Gasteiger partial charge in [-0.1, -0.05) is 146 Å². The van der Waals surface area contributed by atoms with Crippen LogP contribution < -0.4 is 0 Å². The van der Waals surface area contributed by atoms with Crippen LogP contribution in [0, 0.1) is 0 Å². The molecule has 0 bridgehead atoms. The van der Waals surface area contributed by atoms with E-state index in [9.17, 15) is 0 Å². The number of fused-ring (bicyclic) bond motifs is 18. The average molecular weight is 1460 g/mol. The van der Waals surface area contributed by atoms with E-state index in [0.29, 0.717) is 0 Å². The van der Waals surface area contributed by atoms with Crippen LogP contribution in [0.5, 0.6) is 0 Å². The Labute approximate surface area is 653 Å². The Kier molecular flexibility index (Phi) is 15.6. The molecule has 0 aliphatic carbocycles. The second kappa shape index (κ2) is 27.2. The molecule has 12 nitrogen and oxygen atoms in total. The minimum Gasteiger partial charge on any atom is -0.308 e. The molecule has 0 fully saturated rings. The molecular formula is C102H66N12. The maximum Gasteiger partial charge on any atom is 0.145 e. The number of hydrogen-bond donors (Lipinski definition) is 0. The third-order valence-electron chi connectivity index (χ3n) is 22.4. The van der Waals surface area contributed by atoms with Gasteiger partial charge >= 0.3 is 0 Å². The number of nitrogens with zero attached hydrogens (tertiary/aromatic N) is 12. The second-order valence-electron chi connectivity index (χ2n) is 28.7. The summed E-state index contributed by atoms with van der Waals surface area (Å²) in [6.45, 7) is 0. The number of benzene rings is 12. The van der Waals surface area contributed by atoms with Gasteiger partial charge in [0.1, 0.15) is 11.3 Å². The van der Waals surface area contributed by atoms with E-state index in [-0.39, 0.29) is 0 Å². The molecule has 12 heterocycles. The van der Waals surface area contributed by atoms with Gasteiger partial charge < -0.3 is 18.3 Å². The van der Waals surface area contributed by atoms with Crippen molar-refractivity contribution in [3.63, 3.8) is 0 Å². The molecule has 0 saturated heterocycles. The number of rotatable bonds is 9. The summed E-state index contributed by atoms with van der Waals surface area (Å²) in [5.41, 5.74) is 28.2. The lowest BCUT2D eigenvalue weighted by Gasteiger charge is -2.09. The summed E-state index contributed by atoms with van der Waals surface area (Å²) in [5, 5.41) is 13.1. The van der Waals surface area contributed by atoms with Gasteiger partial charge in [0.25, 0.3) is 0 Å². The third kappa shape index (κ3) is 10.8. The zero-order valence-electron chi connectivity index (χ0n) is 61.5. The first kappa shape index (κ1) is 65.4. The molecule has 0 spiro atoms. The van der Waals surface area contributed by atoms with Crippen LogP contribution in [-0.4, -0.2) is 57.3 Å². The molecule has 534 valence electrons. The Balaban J connectivity index is 0.000000104. The van der Waals surface area contributed by atoms with Gasteiger partial charge in [-0.05, 0) is 234 Å². The van der Waals surface area contributed by atoms with Gasteiger partial charge in [-0.15, -0.1) is 0 Å². The minimum absolute atomic E-state index is 0.969. The first-order valence-electron chi connectivity index (χ1n) is 38.3. The maximum atomic E-state index is 4.79. The van der Waals surface area contributed by atoms with Crippen LogP contribution in [-0.2, 0) is 0 Å². The van der Waals surface area contributed by atoms with Gasteiger partial charge in [-0.25, -0.2) is 9.97 Å². The lowest BCUT2D eigenvalue weighted by molar-refractivity contribution is 1.14. The third-order valence-corrected chi connectivity index (χ3v) is 22.4. The molecule has 12 aromatic carbocycles. The Hall–Kier alpha value is -15.7. The highest BCUT2D eigenvalue weighted by Crippen LogP contribution is 2.43. The van der Waals surface area contributed by atoms with Crippen LogP contribution in [0.2, 0.25) is 0 Å².